The number of hydrogen-bond acceptors (Lipinski definition) is 3. The summed E-state index contributed by atoms with van der Waals surface area (Å²) in [5, 5.41) is 3.03. The van der Waals surface area contributed by atoms with E-state index in [1.807, 2.05) is 6.08 Å². The summed E-state index contributed by atoms with van der Waals surface area (Å²) in [6.45, 7) is 0.492. The van der Waals surface area contributed by atoms with E-state index in [4.69, 9.17) is 5.73 Å². The number of hydrogen-bond donors (Lipinski definition) is 1. The molecule has 0 unspecified atom stereocenters. The highest BCUT2D eigenvalue weighted by molar-refractivity contribution is 5.76. The van der Waals surface area contributed by atoms with Crippen molar-refractivity contribution in [3.05, 3.63) is 24.2 Å². The van der Waals surface area contributed by atoms with Gasteiger partial charge in [0.05, 0.1) is 6.54 Å². The number of fused-ring (bicyclic) bond motifs is 1. The van der Waals surface area contributed by atoms with E-state index in [2.05, 4.69) is 4.99 Å². The Labute approximate surface area is 69.4 Å². The Morgan fingerprint density at radius 1 is 1.67 bits per heavy atom. The van der Waals surface area contributed by atoms with Gasteiger partial charge < -0.3 is 5.73 Å². The van der Waals surface area contributed by atoms with E-state index >= 15 is 0 Å². The fraction of sp³-hybridized carbons (Fsp3) is 0.143. The Morgan fingerprint density at radius 3 is 3.25 bits per heavy atom. The minimum Gasteiger partial charge on any atom is -0.350 e. The van der Waals surface area contributed by atoms with Gasteiger partial charge in [0.15, 0.2) is 0 Å². The lowest BCUT2D eigenvalue weighted by molar-refractivity contribution is 0.122. The van der Waals surface area contributed by atoms with Crippen LogP contribution in [0.1, 0.15) is 0 Å². The van der Waals surface area contributed by atoms with Crippen LogP contribution < -0.4 is 5.73 Å². The summed E-state index contributed by atoms with van der Waals surface area (Å²) in [5.41, 5.74) is 5.13. The first-order valence-electron chi connectivity index (χ1n) is 3.56. The maximum atomic E-state index is 10.8. The summed E-state index contributed by atoms with van der Waals surface area (Å²) in [4.78, 5) is 14.9. The number of carbonyl (C=O) groups is 1. The van der Waals surface area contributed by atoms with Crippen LogP contribution in [0.2, 0.25) is 0 Å². The molecule has 5 heteroatoms. The van der Waals surface area contributed by atoms with Crippen molar-refractivity contribution >= 4 is 12.2 Å². The molecule has 62 valence electrons. The van der Waals surface area contributed by atoms with Crippen molar-refractivity contribution in [2.75, 3.05) is 6.54 Å². The van der Waals surface area contributed by atoms with Gasteiger partial charge in [-0.15, -0.1) is 0 Å². The molecule has 0 aromatic carbocycles. The Balaban J connectivity index is 2.25. The molecule has 0 saturated heterocycles. The first kappa shape index (κ1) is 6.90. The molecule has 0 radical (unpaired) electrons. The summed E-state index contributed by atoms with van der Waals surface area (Å²) in [6.07, 6.45) is 7.01. The van der Waals surface area contributed by atoms with Crippen molar-refractivity contribution in [1.29, 1.82) is 0 Å². The molecule has 12 heavy (non-hydrogen) atoms. The van der Waals surface area contributed by atoms with Crippen LogP contribution in [0.3, 0.4) is 0 Å². The first-order valence-corrected chi connectivity index (χ1v) is 3.56. The molecule has 2 N–H and O–H groups in total. The molecular weight excluding hydrogens is 156 g/mol. The molecule has 2 aliphatic heterocycles. The van der Waals surface area contributed by atoms with Crippen molar-refractivity contribution in [3.63, 3.8) is 0 Å². The number of hydrazine groups is 1. The second-order valence-electron chi connectivity index (χ2n) is 2.45. The smallest absolute Gasteiger partial charge is 0.334 e. The minimum absolute atomic E-state index is 0.469. The molecule has 0 aliphatic carbocycles. The van der Waals surface area contributed by atoms with Gasteiger partial charge >= 0.3 is 6.03 Å². The van der Waals surface area contributed by atoms with Gasteiger partial charge in [-0.1, -0.05) is 0 Å². The quantitative estimate of drug-likeness (QED) is 0.549. The average molecular weight is 164 g/mol. The molecular formula is C7H8N4O. The summed E-state index contributed by atoms with van der Waals surface area (Å²) >= 11 is 0. The van der Waals surface area contributed by atoms with E-state index in [0.29, 0.717) is 6.54 Å². The number of carbonyl (C=O) groups excluding carboxylic acids is 1. The van der Waals surface area contributed by atoms with Crippen molar-refractivity contribution in [1.82, 2.24) is 10.0 Å². The second-order valence-corrected chi connectivity index (χ2v) is 2.45. The number of allylic oxidation sites excluding steroid dienone is 1. The Hall–Kier alpha value is -1.78. The number of primary amides is 1. The average Bonchev–Trinajstić information content (AvgIpc) is 2.47. The zero-order chi connectivity index (χ0) is 8.55. The summed E-state index contributed by atoms with van der Waals surface area (Å²) in [5.74, 6) is 0.747. The molecule has 2 aliphatic rings. The normalized spacial score (nSPS) is 19.5. The molecule has 2 amide bonds. The van der Waals surface area contributed by atoms with Gasteiger partial charge in [0.1, 0.15) is 5.82 Å². The molecule has 0 saturated carbocycles. The molecule has 2 heterocycles. The minimum atomic E-state index is -0.469. The lowest BCUT2D eigenvalue weighted by atomic mass is 10.5. The van der Waals surface area contributed by atoms with Gasteiger partial charge in [-0.3, -0.25) is 0 Å². The van der Waals surface area contributed by atoms with Crippen LogP contribution in [-0.2, 0) is 0 Å². The highest BCUT2D eigenvalue weighted by atomic mass is 16.2. The predicted molar refractivity (Wildman–Crippen MR) is 43.8 cm³/mol. The second kappa shape index (κ2) is 2.37. The van der Waals surface area contributed by atoms with Crippen molar-refractivity contribution in [2.24, 2.45) is 10.7 Å². The van der Waals surface area contributed by atoms with E-state index in [-0.39, 0.29) is 0 Å². The number of rotatable bonds is 0. The predicted octanol–water partition coefficient (Wildman–Crippen LogP) is 0.0372. The van der Waals surface area contributed by atoms with Crippen LogP contribution in [0.25, 0.3) is 0 Å². The standard InChI is InChI=1S/C7H8N4O/c8-7(12)11-5-2-6-9-3-1-4-10(6)11/h1-4H,5H2,(H2,8,12). The Bertz CT molecular complexity index is 305. The maximum absolute atomic E-state index is 10.8. The van der Waals surface area contributed by atoms with Gasteiger partial charge in [0.2, 0.25) is 0 Å². The van der Waals surface area contributed by atoms with Gasteiger partial charge in [-0.25, -0.2) is 19.8 Å². The monoisotopic (exact) mass is 164 g/mol. The molecule has 0 fully saturated rings. The molecule has 0 atom stereocenters. The van der Waals surface area contributed by atoms with E-state index < -0.39 is 6.03 Å². The molecule has 0 spiro atoms. The topological polar surface area (TPSA) is 61.9 Å². The fourth-order valence-electron chi connectivity index (χ4n) is 1.18. The number of nitrogens with zero attached hydrogens (tertiary/aromatic N) is 3. The van der Waals surface area contributed by atoms with Gasteiger partial charge in [0, 0.05) is 12.4 Å². The summed E-state index contributed by atoms with van der Waals surface area (Å²) in [7, 11) is 0. The molecule has 0 aromatic rings. The summed E-state index contributed by atoms with van der Waals surface area (Å²) < 4.78 is 0. The zero-order valence-corrected chi connectivity index (χ0v) is 6.34. The van der Waals surface area contributed by atoms with Crippen LogP contribution in [0.5, 0.6) is 0 Å². The lowest BCUT2D eigenvalue weighted by Gasteiger charge is -2.26. The van der Waals surface area contributed by atoms with Gasteiger partial charge in [-0.2, -0.15) is 0 Å². The fourth-order valence-corrected chi connectivity index (χ4v) is 1.18. The van der Waals surface area contributed by atoms with Crippen LogP contribution in [0.15, 0.2) is 29.2 Å². The molecule has 0 bridgehead atoms. The maximum Gasteiger partial charge on any atom is 0.334 e. The largest absolute Gasteiger partial charge is 0.350 e. The van der Waals surface area contributed by atoms with E-state index in [0.717, 1.165) is 5.82 Å². The van der Waals surface area contributed by atoms with Crippen molar-refractivity contribution < 1.29 is 4.79 Å². The lowest BCUT2D eigenvalue weighted by Crippen LogP contribution is -2.42. The number of amides is 2. The van der Waals surface area contributed by atoms with Crippen molar-refractivity contribution in [2.45, 2.75) is 0 Å². The molecule has 2 rings (SSSR count). The highest BCUT2D eigenvalue weighted by Gasteiger charge is 2.24. The zero-order valence-electron chi connectivity index (χ0n) is 6.34. The third-order valence-corrected chi connectivity index (χ3v) is 1.72. The molecule has 5 nitrogen and oxygen atoms in total. The van der Waals surface area contributed by atoms with Gasteiger partial charge in [0.25, 0.3) is 0 Å². The number of aliphatic imine (C=N–C) groups is 1. The third kappa shape index (κ3) is 0.868. The first-order chi connectivity index (χ1) is 5.79. The third-order valence-electron chi connectivity index (χ3n) is 1.72. The van der Waals surface area contributed by atoms with Gasteiger partial charge in [-0.05, 0) is 12.2 Å². The van der Waals surface area contributed by atoms with Crippen molar-refractivity contribution in [3.8, 4) is 0 Å². The van der Waals surface area contributed by atoms with E-state index in [1.165, 1.54) is 5.01 Å². The molecule has 0 aromatic heterocycles. The Morgan fingerprint density at radius 2 is 2.50 bits per heavy atom. The van der Waals surface area contributed by atoms with E-state index in [1.54, 1.807) is 23.5 Å². The van der Waals surface area contributed by atoms with Crippen LogP contribution in [-0.4, -0.2) is 28.8 Å². The van der Waals surface area contributed by atoms with Crippen LogP contribution in [0.4, 0.5) is 4.79 Å². The Kier molecular flexibility index (Phi) is 1.36. The highest BCUT2D eigenvalue weighted by Crippen LogP contribution is 2.19. The SMILES string of the molecule is NC(=O)N1CC=C2N=CC=CN21. The number of urea groups is 1. The van der Waals surface area contributed by atoms with Crippen LogP contribution >= 0.6 is 0 Å². The summed E-state index contributed by atoms with van der Waals surface area (Å²) in [6, 6.07) is -0.469. The van der Waals surface area contributed by atoms with E-state index in [9.17, 15) is 4.79 Å². The van der Waals surface area contributed by atoms with Crippen LogP contribution in [0, 0.1) is 0 Å². The number of nitrogens with two attached hydrogens (primary N) is 1.